The summed E-state index contributed by atoms with van der Waals surface area (Å²) in [5, 5.41) is 0. The number of nitrogens with zero attached hydrogens (tertiary/aromatic N) is 5. The number of rotatable bonds is 3. The minimum absolute atomic E-state index is 0.900. The molecule has 1 saturated heterocycles. The summed E-state index contributed by atoms with van der Waals surface area (Å²) in [5.41, 5.74) is 3.18. The van der Waals surface area contributed by atoms with E-state index in [1.54, 1.807) is 6.33 Å². The van der Waals surface area contributed by atoms with Crippen LogP contribution < -0.4 is 4.90 Å². The van der Waals surface area contributed by atoms with Gasteiger partial charge in [-0.15, -0.1) is 0 Å². The summed E-state index contributed by atoms with van der Waals surface area (Å²) in [6, 6.07) is 14.6. The average Bonchev–Trinajstić information content (AvgIpc) is 2.88. The third-order valence-corrected chi connectivity index (χ3v) is 4.51. The minimum atomic E-state index is 0.900. The normalized spacial score (nSPS) is 16.2. The molecule has 3 heterocycles. The molecule has 1 aromatic carbocycles. The smallest absolute Gasteiger partial charge is 0.158 e. The van der Waals surface area contributed by atoms with Crippen LogP contribution in [0.1, 0.15) is 12.0 Å². The summed E-state index contributed by atoms with van der Waals surface area (Å²) in [7, 11) is 0. The van der Waals surface area contributed by atoms with Gasteiger partial charge in [0.15, 0.2) is 5.82 Å². The predicted molar refractivity (Wildman–Crippen MR) is 95.9 cm³/mol. The first-order chi connectivity index (χ1) is 11.9. The summed E-state index contributed by atoms with van der Waals surface area (Å²) >= 11 is 0. The van der Waals surface area contributed by atoms with Gasteiger partial charge in [-0.2, -0.15) is 0 Å². The molecule has 1 fully saturated rings. The maximum atomic E-state index is 4.52. The molecule has 5 heteroatoms. The number of pyridine rings is 1. The van der Waals surface area contributed by atoms with Crippen LogP contribution in [0.25, 0.3) is 11.0 Å². The van der Waals surface area contributed by atoms with E-state index in [0.717, 1.165) is 56.0 Å². The zero-order valence-corrected chi connectivity index (χ0v) is 13.7. The summed E-state index contributed by atoms with van der Waals surface area (Å²) in [4.78, 5) is 18.2. The molecule has 0 radical (unpaired) electrons. The van der Waals surface area contributed by atoms with Gasteiger partial charge >= 0.3 is 0 Å². The number of benzene rings is 1. The van der Waals surface area contributed by atoms with Gasteiger partial charge in [-0.25, -0.2) is 9.97 Å². The fourth-order valence-corrected chi connectivity index (χ4v) is 3.29. The molecule has 0 saturated carbocycles. The van der Waals surface area contributed by atoms with Crippen LogP contribution in [0.4, 0.5) is 5.82 Å². The highest BCUT2D eigenvalue weighted by atomic mass is 15.3. The van der Waals surface area contributed by atoms with Crippen LogP contribution in [0.2, 0.25) is 0 Å². The molecule has 0 bridgehead atoms. The Hall–Kier alpha value is -2.53. The number of hydrogen-bond donors (Lipinski definition) is 0. The van der Waals surface area contributed by atoms with Gasteiger partial charge < -0.3 is 4.90 Å². The minimum Gasteiger partial charge on any atom is -0.353 e. The van der Waals surface area contributed by atoms with Crippen LogP contribution >= 0.6 is 0 Å². The maximum Gasteiger partial charge on any atom is 0.158 e. The Balaban J connectivity index is 1.50. The van der Waals surface area contributed by atoms with Crippen molar-refractivity contribution in [2.24, 2.45) is 0 Å². The number of aromatic nitrogens is 3. The molecule has 2 aromatic heterocycles. The van der Waals surface area contributed by atoms with Crippen LogP contribution in [0.15, 0.2) is 55.0 Å². The summed E-state index contributed by atoms with van der Waals surface area (Å²) < 4.78 is 0. The van der Waals surface area contributed by atoms with Gasteiger partial charge in [0.1, 0.15) is 11.8 Å². The third kappa shape index (κ3) is 3.21. The fraction of sp³-hybridized carbons (Fsp3) is 0.316. The van der Waals surface area contributed by atoms with Crippen molar-refractivity contribution >= 4 is 16.9 Å². The SMILES string of the molecule is c1ccc(CN2CCCN(c3ncnc4cccnc34)CC2)cc1. The Labute approximate surface area is 142 Å². The molecule has 1 aliphatic heterocycles. The molecule has 0 aliphatic carbocycles. The van der Waals surface area contributed by atoms with E-state index in [1.807, 2.05) is 18.3 Å². The molecule has 0 spiro atoms. The molecular formula is C19H21N5. The van der Waals surface area contributed by atoms with Gasteiger partial charge in [0, 0.05) is 38.9 Å². The third-order valence-electron chi connectivity index (χ3n) is 4.51. The molecule has 24 heavy (non-hydrogen) atoms. The summed E-state index contributed by atoms with van der Waals surface area (Å²) in [6.45, 7) is 5.13. The van der Waals surface area contributed by atoms with E-state index in [-0.39, 0.29) is 0 Å². The molecule has 4 rings (SSSR count). The Morgan fingerprint density at radius 1 is 0.833 bits per heavy atom. The lowest BCUT2D eigenvalue weighted by atomic mass is 10.2. The lowest BCUT2D eigenvalue weighted by Crippen LogP contribution is -2.31. The van der Waals surface area contributed by atoms with Crippen LogP contribution in [0.3, 0.4) is 0 Å². The average molecular weight is 319 g/mol. The first-order valence-electron chi connectivity index (χ1n) is 8.47. The second-order valence-corrected chi connectivity index (χ2v) is 6.17. The van der Waals surface area contributed by atoms with E-state index >= 15 is 0 Å². The van der Waals surface area contributed by atoms with Crippen molar-refractivity contribution in [2.75, 3.05) is 31.1 Å². The highest BCUT2D eigenvalue weighted by Gasteiger charge is 2.18. The number of anilines is 1. The van der Waals surface area contributed by atoms with Crippen molar-refractivity contribution in [1.82, 2.24) is 19.9 Å². The van der Waals surface area contributed by atoms with Gasteiger partial charge in [0.05, 0.1) is 5.52 Å². The predicted octanol–water partition coefficient (Wildman–Crippen LogP) is 2.74. The molecule has 0 atom stereocenters. The first kappa shape index (κ1) is 15.0. The van der Waals surface area contributed by atoms with Crippen molar-refractivity contribution in [1.29, 1.82) is 0 Å². The molecule has 122 valence electrons. The van der Waals surface area contributed by atoms with E-state index < -0.39 is 0 Å². The molecular weight excluding hydrogens is 298 g/mol. The lowest BCUT2D eigenvalue weighted by Gasteiger charge is -2.23. The summed E-state index contributed by atoms with van der Waals surface area (Å²) in [5.74, 6) is 0.960. The molecule has 0 N–H and O–H groups in total. The molecule has 0 unspecified atom stereocenters. The Bertz CT molecular complexity index is 800. The number of hydrogen-bond acceptors (Lipinski definition) is 5. The second-order valence-electron chi connectivity index (χ2n) is 6.17. The van der Waals surface area contributed by atoms with Crippen LogP contribution in [0, 0.1) is 0 Å². The van der Waals surface area contributed by atoms with Gasteiger partial charge in [-0.1, -0.05) is 30.3 Å². The highest BCUT2D eigenvalue weighted by molar-refractivity contribution is 5.85. The monoisotopic (exact) mass is 319 g/mol. The van der Waals surface area contributed by atoms with E-state index in [1.165, 1.54) is 5.56 Å². The molecule has 5 nitrogen and oxygen atoms in total. The van der Waals surface area contributed by atoms with Crippen molar-refractivity contribution in [3.8, 4) is 0 Å². The quantitative estimate of drug-likeness (QED) is 0.743. The fourth-order valence-electron chi connectivity index (χ4n) is 3.29. The van der Waals surface area contributed by atoms with Gasteiger partial charge in [0.25, 0.3) is 0 Å². The Morgan fingerprint density at radius 3 is 2.67 bits per heavy atom. The Morgan fingerprint density at radius 2 is 1.75 bits per heavy atom. The first-order valence-corrected chi connectivity index (χ1v) is 8.47. The second kappa shape index (κ2) is 6.93. The zero-order valence-electron chi connectivity index (χ0n) is 13.7. The molecule has 3 aromatic rings. The van der Waals surface area contributed by atoms with Crippen molar-refractivity contribution in [3.63, 3.8) is 0 Å². The van der Waals surface area contributed by atoms with Crippen molar-refractivity contribution in [2.45, 2.75) is 13.0 Å². The van der Waals surface area contributed by atoms with E-state index in [4.69, 9.17) is 0 Å². The largest absolute Gasteiger partial charge is 0.353 e. The van der Waals surface area contributed by atoms with Crippen LogP contribution in [0.5, 0.6) is 0 Å². The summed E-state index contributed by atoms with van der Waals surface area (Å²) in [6.07, 6.45) is 4.59. The van der Waals surface area contributed by atoms with Crippen LogP contribution in [-0.2, 0) is 6.54 Å². The van der Waals surface area contributed by atoms with E-state index in [0.29, 0.717) is 0 Å². The lowest BCUT2D eigenvalue weighted by molar-refractivity contribution is 0.285. The van der Waals surface area contributed by atoms with E-state index in [9.17, 15) is 0 Å². The number of fused-ring (bicyclic) bond motifs is 1. The molecule has 1 aliphatic rings. The van der Waals surface area contributed by atoms with Gasteiger partial charge in [-0.3, -0.25) is 9.88 Å². The zero-order chi connectivity index (χ0) is 16.2. The highest BCUT2D eigenvalue weighted by Crippen LogP contribution is 2.21. The molecule has 0 amide bonds. The topological polar surface area (TPSA) is 45.2 Å². The van der Waals surface area contributed by atoms with Gasteiger partial charge in [-0.05, 0) is 24.1 Å². The standard InChI is InChI=1S/C19H21N5/c1-2-6-16(7-3-1)14-23-10-5-11-24(13-12-23)19-18-17(21-15-22-19)8-4-9-20-18/h1-4,6-9,15H,5,10-14H2. The van der Waals surface area contributed by atoms with Crippen LogP contribution in [-0.4, -0.2) is 46.0 Å². The van der Waals surface area contributed by atoms with Crippen molar-refractivity contribution in [3.05, 3.63) is 60.6 Å². The van der Waals surface area contributed by atoms with Crippen molar-refractivity contribution < 1.29 is 0 Å². The Kier molecular flexibility index (Phi) is 4.34. The maximum absolute atomic E-state index is 4.52. The van der Waals surface area contributed by atoms with Gasteiger partial charge in [0.2, 0.25) is 0 Å². The van der Waals surface area contributed by atoms with E-state index in [2.05, 4.69) is 55.1 Å².